The summed E-state index contributed by atoms with van der Waals surface area (Å²) in [6.45, 7) is 6.90. The smallest absolute Gasteiger partial charge is 0.253 e. The minimum absolute atomic E-state index is 0.0687. The Balaban J connectivity index is 1.94. The first-order valence-corrected chi connectivity index (χ1v) is 7.38. The second-order valence-corrected chi connectivity index (χ2v) is 5.87. The number of nitrogens with one attached hydrogen (secondary N) is 1. The van der Waals surface area contributed by atoms with Gasteiger partial charge in [0, 0.05) is 24.7 Å². The van der Waals surface area contributed by atoms with Crippen molar-refractivity contribution in [3.8, 4) is 5.75 Å². The highest BCUT2D eigenvalue weighted by atomic mass is 16.3. The molecule has 4 nitrogen and oxygen atoms in total. The molecule has 1 saturated heterocycles. The third-order valence-electron chi connectivity index (χ3n) is 3.74. The van der Waals surface area contributed by atoms with E-state index in [4.69, 9.17) is 0 Å². The second kappa shape index (κ2) is 6.75. The molecule has 1 fully saturated rings. The van der Waals surface area contributed by atoms with Gasteiger partial charge in [-0.1, -0.05) is 13.8 Å². The molecule has 1 aromatic rings. The van der Waals surface area contributed by atoms with E-state index in [0.717, 1.165) is 26.1 Å². The number of rotatable bonds is 4. The molecule has 4 heteroatoms. The molecule has 0 bridgehead atoms. The van der Waals surface area contributed by atoms with E-state index >= 15 is 0 Å². The van der Waals surface area contributed by atoms with Crippen molar-refractivity contribution in [2.75, 3.05) is 19.6 Å². The Kier molecular flexibility index (Phi) is 5.01. The van der Waals surface area contributed by atoms with Crippen LogP contribution in [0.4, 0.5) is 0 Å². The van der Waals surface area contributed by atoms with Crippen LogP contribution in [0.3, 0.4) is 0 Å². The average Bonchev–Trinajstić information content (AvgIpc) is 2.45. The fourth-order valence-electron chi connectivity index (χ4n) is 2.61. The van der Waals surface area contributed by atoms with E-state index in [-0.39, 0.29) is 11.7 Å². The van der Waals surface area contributed by atoms with Gasteiger partial charge in [-0.25, -0.2) is 0 Å². The quantitative estimate of drug-likeness (QED) is 0.887. The number of phenols is 1. The van der Waals surface area contributed by atoms with Crippen molar-refractivity contribution < 1.29 is 9.90 Å². The minimum Gasteiger partial charge on any atom is -0.508 e. The maximum Gasteiger partial charge on any atom is 0.253 e. The molecule has 0 spiro atoms. The van der Waals surface area contributed by atoms with Gasteiger partial charge in [0.25, 0.3) is 5.91 Å². The van der Waals surface area contributed by atoms with Gasteiger partial charge in [-0.2, -0.15) is 0 Å². The average molecular weight is 276 g/mol. The number of benzene rings is 1. The van der Waals surface area contributed by atoms with Gasteiger partial charge in [0.1, 0.15) is 5.75 Å². The highest BCUT2D eigenvalue weighted by Gasteiger charge is 2.24. The van der Waals surface area contributed by atoms with E-state index in [0.29, 0.717) is 17.5 Å². The predicted molar refractivity (Wildman–Crippen MR) is 79.9 cm³/mol. The van der Waals surface area contributed by atoms with Crippen molar-refractivity contribution >= 4 is 5.91 Å². The topological polar surface area (TPSA) is 52.6 Å². The third kappa shape index (κ3) is 3.97. The zero-order valence-electron chi connectivity index (χ0n) is 12.3. The zero-order chi connectivity index (χ0) is 14.5. The van der Waals surface area contributed by atoms with E-state index in [1.165, 1.54) is 6.42 Å². The third-order valence-corrected chi connectivity index (χ3v) is 3.74. The fourth-order valence-corrected chi connectivity index (χ4v) is 2.61. The van der Waals surface area contributed by atoms with Gasteiger partial charge in [0.05, 0.1) is 0 Å². The van der Waals surface area contributed by atoms with Crippen molar-refractivity contribution in [2.45, 2.75) is 32.7 Å². The summed E-state index contributed by atoms with van der Waals surface area (Å²) in [6, 6.07) is 6.99. The maximum absolute atomic E-state index is 12.4. The first-order valence-electron chi connectivity index (χ1n) is 7.38. The molecule has 1 heterocycles. The van der Waals surface area contributed by atoms with Crippen LogP contribution < -0.4 is 5.32 Å². The summed E-state index contributed by atoms with van der Waals surface area (Å²) in [7, 11) is 0. The molecular formula is C16H24N2O2. The molecule has 2 rings (SSSR count). The Hall–Kier alpha value is -1.55. The SMILES string of the molecule is CC(C)NCC1CCCN(C(=O)c2ccc(O)cc2)C1. The van der Waals surface area contributed by atoms with E-state index in [1.807, 2.05) is 4.90 Å². The first-order chi connectivity index (χ1) is 9.56. The van der Waals surface area contributed by atoms with Gasteiger partial charge < -0.3 is 15.3 Å². The van der Waals surface area contributed by atoms with Gasteiger partial charge in [-0.15, -0.1) is 0 Å². The Morgan fingerprint density at radius 1 is 1.40 bits per heavy atom. The number of piperidine rings is 1. The number of likely N-dealkylation sites (tertiary alicyclic amines) is 1. The van der Waals surface area contributed by atoms with E-state index < -0.39 is 0 Å². The van der Waals surface area contributed by atoms with Crippen LogP contribution in [0.25, 0.3) is 0 Å². The van der Waals surface area contributed by atoms with Crippen LogP contribution >= 0.6 is 0 Å². The molecule has 0 radical (unpaired) electrons. The molecule has 110 valence electrons. The lowest BCUT2D eigenvalue weighted by molar-refractivity contribution is 0.0672. The van der Waals surface area contributed by atoms with E-state index in [2.05, 4.69) is 19.2 Å². The lowest BCUT2D eigenvalue weighted by Crippen LogP contribution is -2.43. The summed E-state index contributed by atoms with van der Waals surface area (Å²) in [4.78, 5) is 14.4. The van der Waals surface area contributed by atoms with Crippen molar-refractivity contribution in [2.24, 2.45) is 5.92 Å². The molecular weight excluding hydrogens is 252 g/mol. The molecule has 1 aliphatic rings. The molecule has 0 saturated carbocycles. The number of aromatic hydroxyl groups is 1. The number of nitrogens with zero attached hydrogens (tertiary/aromatic N) is 1. The highest BCUT2D eigenvalue weighted by Crippen LogP contribution is 2.19. The van der Waals surface area contributed by atoms with Crippen LogP contribution in [0.15, 0.2) is 24.3 Å². The van der Waals surface area contributed by atoms with Crippen LogP contribution in [0.2, 0.25) is 0 Å². The van der Waals surface area contributed by atoms with Crippen LogP contribution in [0.5, 0.6) is 5.75 Å². The normalized spacial score (nSPS) is 19.4. The van der Waals surface area contributed by atoms with Gasteiger partial charge in [0.2, 0.25) is 0 Å². The maximum atomic E-state index is 12.4. The number of carbonyl (C=O) groups excluding carboxylic acids is 1. The summed E-state index contributed by atoms with van der Waals surface area (Å²) < 4.78 is 0. The highest BCUT2D eigenvalue weighted by molar-refractivity contribution is 5.94. The number of hydrogen-bond donors (Lipinski definition) is 2. The van der Waals surface area contributed by atoms with Crippen LogP contribution in [0.1, 0.15) is 37.0 Å². The zero-order valence-corrected chi connectivity index (χ0v) is 12.3. The standard InChI is InChI=1S/C16H24N2O2/c1-12(2)17-10-13-4-3-9-18(11-13)16(20)14-5-7-15(19)8-6-14/h5-8,12-13,17,19H,3-4,9-11H2,1-2H3. The molecule has 0 aromatic heterocycles. The van der Waals surface area contributed by atoms with Crippen molar-refractivity contribution in [3.63, 3.8) is 0 Å². The molecule has 2 N–H and O–H groups in total. The summed E-state index contributed by atoms with van der Waals surface area (Å²) in [5.74, 6) is 0.797. The number of hydrogen-bond acceptors (Lipinski definition) is 3. The summed E-state index contributed by atoms with van der Waals surface area (Å²) >= 11 is 0. The van der Waals surface area contributed by atoms with E-state index in [9.17, 15) is 9.90 Å². The molecule has 1 aromatic carbocycles. The number of carbonyl (C=O) groups is 1. The lowest BCUT2D eigenvalue weighted by atomic mass is 9.97. The Morgan fingerprint density at radius 3 is 2.75 bits per heavy atom. The predicted octanol–water partition coefficient (Wildman–Crippen LogP) is 2.24. The van der Waals surface area contributed by atoms with Gasteiger partial charge in [-0.3, -0.25) is 4.79 Å². The molecule has 1 atom stereocenters. The first kappa shape index (κ1) is 14.9. The van der Waals surface area contributed by atoms with Crippen molar-refractivity contribution in [1.29, 1.82) is 0 Å². The summed E-state index contributed by atoms with van der Waals surface area (Å²) in [6.07, 6.45) is 2.24. The summed E-state index contributed by atoms with van der Waals surface area (Å²) in [5.41, 5.74) is 0.653. The molecule has 20 heavy (non-hydrogen) atoms. The van der Waals surface area contributed by atoms with Crippen LogP contribution in [0, 0.1) is 5.92 Å². The van der Waals surface area contributed by atoms with Crippen molar-refractivity contribution in [1.82, 2.24) is 10.2 Å². The minimum atomic E-state index is 0.0687. The molecule has 0 aliphatic carbocycles. The summed E-state index contributed by atoms with van der Waals surface area (Å²) in [5, 5.41) is 12.7. The van der Waals surface area contributed by atoms with Gasteiger partial charge in [-0.05, 0) is 49.6 Å². The van der Waals surface area contributed by atoms with E-state index in [1.54, 1.807) is 24.3 Å². The monoisotopic (exact) mass is 276 g/mol. The largest absolute Gasteiger partial charge is 0.508 e. The molecule has 1 aliphatic heterocycles. The van der Waals surface area contributed by atoms with Crippen LogP contribution in [-0.4, -0.2) is 41.6 Å². The fraction of sp³-hybridized carbons (Fsp3) is 0.562. The van der Waals surface area contributed by atoms with Gasteiger partial charge in [0.15, 0.2) is 0 Å². The Labute approximate surface area is 120 Å². The molecule has 1 amide bonds. The van der Waals surface area contributed by atoms with Crippen LogP contribution in [-0.2, 0) is 0 Å². The van der Waals surface area contributed by atoms with Gasteiger partial charge >= 0.3 is 0 Å². The number of phenolic OH excluding ortho intramolecular Hbond substituents is 1. The second-order valence-electron chi connectivity index (χ2n) is 5.87. The Bertz CT molecular complexity index is 442. The Morgan fingerprint density at radius 2 is 2.10 bits per heavy atom. The molecule has 1 unspecified atom stereocenters. The number of amides is 1. The lowest BCUT2D eigenvalue weighted by Gasteiger charge is -2.33. The van der Waals surface area contributed by atoms with Crippen molar-refractivity contribution in [3.05, 3.63) is 29.8 Å².